The summed E-state index contributed by atoms with van der Waals surface area (Å²) in [6.07, 6.45) is 6.22. The van der Waals surface area contributed by atoms with Crippen LogP contribution in [0.15, 0.2) is 62.5 Å². The maximum Gasteiger partial charge on any atom is 0.417 e. The molecule has 1 unspecified atom stereocenters. The van der Waals surface area contributed by atoms with E-state index in [-0.39, 0.29) is 0 Å². The molecule has 1 aromatic carbocycles. The molecule has 3 aliphatic heterocycles. The summed E-state index contributed by atoms with van der Waals surface area (Å²) in [6, 6.07) is 10.0. The quantitative estimate of drug-likeness (QED) is 0.467. The Hall–Kier alpha value is -3.63. The van der Waals surface area contributed by atoms with Crippen LogP contribution in [0.2, 0.25) is 0 Å². The van der Waals surface area contributed by atoms with Crippen molar-refractivity contribution < 1.29 is 4.42 Å². The Morgan fingerprint density at radius 2 is 2.15 bits per heavy atom. The van der Waals surface area contributed by atoms with Crippen molar-refractivity contribution in [3.8, 4) is 0 Å². The van der Waals surface area contributed by atoms with Gasteiger partial charge in [0, 0.05) is 54.9 Å². The molecule has 0 bridgehead atoms. The van der Waals surface area contributed by atoms with E-state index in [9.17, 15) is 4.79 Å². The van der Waals surface area contributed by atoms with E-state index in [1.165, 1.54) is 19.4 Å². The number of oxazole rings is 1. The van der Waals surface area contributed by atoms with Gasteiger partial charge in [-0.15, -0.1) is 0 Å². The van der Waals surface area contributed by atoms with E-state index < -0.39 is 11.5 Å². The third-order valence-electron chi connectivity index (χ3n) is 6.95. The molecule has 2 saturated heterocycles. The summed E-state index contributed by atoms with van der Waals surface area (Å²) in [4.78, 5) is 28.6. The normalized spacial score (nSPS) is 25.0. The average Bonchev–Trinajstić information content (AvgIpc) is 3.46. The molecular formula is C24H28N8O2. The van der Waals surface area contributed by atoms with Gasteiger partial charge in [0.2, 0.25) is 5.79 Å². The van der Waals surface area contributed by atoms with Gasteiger partial charge in [-0.05, 0) is 56.6 Å². The highest BCUT2D eigenvalue weighted by molar-refractivity contribution is 6.08. The molecular weight excluding hydrogens is 432 g/mol. The van der Waals surface area contributed by atoms with E-state index in [0.717, 1.165) is 42.3 Å². The molecule has 2 atom stereocenters. The van der Waals surface area contributed by atoms with Crippen LogP contribution in [0.25, 0.3) is 11.1 Å². The standard InChI is InChI=1S/C24H28N8O2/c1-15-12-27-24(25,30-22(15)28-17-5-6-20-19(11-17)29-23(33)34-20)16-4-7-21(26-13-16)32-10-9-31-8-2-3-18(31)14-32/h4-7,11-13,18,27H,2-3,8-10,14,25H2,1H3,(H,28,30)(H,29,33)/t18-,24?/m1/s1. The molecule has 3 aliphatic rings. The zero-order chi connectivity index (χ0) is 23.3. The third-order valence-corrected chi connectivity index (χ3v) is 6.95. The van der Waals surface area contributed by atoms with Crippen molar-refractivity contribution in [2.75, 3.05) is 36.4 Å². The van der Waals surface area contributed by atoms with Crippen molar-refractivity contribution in [1.82, 2.24) is 20.2 Å². The van der Waals surface area contributed by atoms with E-state index in [0.29, 0.717) is 23.0 Å². The molecule has 2 fully saturated rings. The lowest BCUT2D eigenvalue weighted by Gasteiger charge is -2.38. The summed E-state index contributed by atoms with van der Waals surface area (Å²) < 4.78 is 5.08. The topological polar surface area (TPSA) is 128 Å². The second-order valence-electron chi connectivity index (χ2n) is 9.23. The molecule has 176 valence electrons. The van der Waals surface area contributed by atoms with Gasteiger partial charge in [-0.3, -0.25) is 15.6 Å². The SMILES string of the molecule is CC1=CNC(N)(c2ccc(N3CCN4CCC[C@@H]4C3)nc2)N=C1Nc1ccc2oc(=O)[nH]c2c1. The van der Waals surface area contributed by atoms with Gasteiger partial charge in [-0.25, -0.2) is 14.8 Å². The Morgan fingerprint density at radius 1 is 1.24 bits per heavy atom. The van der Waals surface area contributed by atoms with Crippen LogP contribution in [0, 0.1) is 0 Å². The summed E-state index contributed by atoms with van der Waals surface area (Å²) in [6.45, 7) is 6.29. The maximum absolute atomic E-state index is 11.4. The first-order valence-corrected chi connectivity index (χ1v) is 11.7. The van der Waals surface area contributed by atoms with Crippen LogP contribution >= 0.6 is 0 Å². The fourth-order valence-electron chi connectivity index (χ4n) is 5.02. The number of nitrogens with two attached hydrogens (primary N) is 1. The fourth-order valence-corrected chi connectivity index (χ4v) is 5.02. The number of H-pyrrole nitrogens is 1. The number of hydrogen-bond acceptors (Lipinski definition) is 9. The minimum Gasteiger partial charge on any atom is -0.408 e. The summed E-state index contributed by atoms with van der Waals surface area (Å²) in [7, 11) is 0. The van der Waals surface area contributed by atoms with Crippen LogP contribution in [-0.2, 0) is 5.79 Å². The van der Waals surface area contributed by atoms with Crippen molar-refractivity contribution in [2.45, 2.75) is 31.6 Å². The largest absolute Gasteiger partial charge is 0.417 e. The van der Waals surface area contributed by atoms with Gasteiger partial charge in [0.1, 0.15) is 11.7 Å². The van der Waals surface area contributed by atoms with Crippen LogP contribution in [0.5, 0.6) is 0 Å². The highest BCUT2D eigenvalue weighted by Gasteiger charge is 2.33. The van der Waals surface area contributed by atoms with E-state index >= 15 is 0 Å². The number of nitrogens with zero attached hydrogens (tertiary/aromatic N) is 4. The highest BCUT2D eigenvalue weighted by Crippen LogP contribution is 2.27. The number of nitrogens with one attached hydrogen (secondary N) is 3. The number of aromatic amines is 1. The van der Waals surface area contributed by atoms with Gasteiger partial charge in [0.25, 0.3) is 0 Å². The third kappa shape index (κ3) is 3.74. The monoisotopic (exact) mass is 460 g/mol. The Morgan fingerprint density at radius 3 is 3.00 bits per heavy atom. The molecule has 5 heterocycles. The second kappa shape index (κ2) is 8.00. The molecule has 3 aromatic rings. The molecule has 34 heavy (non-hydrogen) atoms. The van der Waals surface area contributed by atoms with Gasteiger partial charge in [0.05, 0.1) is 5.52 Å². The van der Waals surface area contributed by atoms with Crippen LogP contribution in [0.4, 0.5) is 11.5 Å². The van der Waals surface area contributed by atoms with Crippen LogP contribution in [-0.4, -0.2) is 52.9 Å². The molecule has 0 spiro atoms. The molecule has 6 rings (SSSR count). The smallest absolute Gasteiger partial charge is 0.408 e. The van der Waals surface area contributed by atoms with Gasteiger partial charge >= 0.3 is 5.76 Å². The predicted molar refractivity (Wildman–Crippen MR) is 132 cm³/mol. The number of hydrogen-bond donors (Lipinski definition) is 4. The number of anilines is 2. The fraction of sp³-hybridized carbons (Fsp3) is 0.375. The van der Waals surface area contributed by atoms with E-state index in [1.807, 2.05) is 31.3 Å². The molecule has 10 nitrogen and oxygen atoms in total. The number of amidine groups is 1. The second-order valence-corrected chi connectivity index (χ2v) is 9.23. The molecule has 10 heteroatoms. The van der Waals surface area contributed by atoms with Crippen LogP contribution in [0.3, 0.4) is 0 Å². The highest BCUT2D eigenvalue weighted by atomic mass is 16.4. The number of aromatic nitrogens is 2. The first-order valence-electron chi connectivity index (χ1n) is 11.7. The number of benzene rings is 1. The number of fused-ring (bicyclic) bond motifs is 2. The Balaban J connectivity index is 1.22. The Kier molecular flexibility index (Phi) is 4.93. The lowest BCUT2D eigenvalue weighted by Crippen LogP contribution is -2.51. The summed E-state index contributed by atoms with van der Waals surface area (Å²) in [5.41, 5.74) is 10.2. The molecule has 0 amide bonds. The maximum atomic E-state index is 11.4. The van der Waals surface area contributed by atoms with Gasteiger partial charge < -0.3 is 20.0 Å². The number of aliphatic imine (C=N–C) groups is 1. The van der Waals surface area contributed by atoms with Gasteiger partial charge in [-0.2, -0.15) is 0 Å². The number of pyridine rings is 1. The van der Waals surface area contributed by atoms with E-state index in [4.69, 9.17) is 20.1 Å². The van der Waals surface area contributed by atoms with E-state index in [2.05, 4.69) is 25.4 Å². The Labute approximate surface area is 196 Å². The van der Waals surface area contributed by atoms with Crippen molar-refractivity contribution in [1.29, 1.82) is 0 Å². The number of rotatable bonds is 3. The zero-order valence-electron chi connectivity index (χ0n) is 19.0. The summed E-state index contributed by atoms with van der Waals surface area (Å²) in [5, 5.41) is 6.51. The average molecular weight is 461 g/mol. The van der Waals surface area contributed by atoms with Crippen LogP contribution in [0.1, 0.15) is 25.3 Å². The molecule has 2 aromatic heterocycles. The minimum atomic E-state index is -1.15. The van der Waals surface area contributed by atoms with Crippen LogP contribution < -0.4 is 27.0 Å². The lowest BCUT2D eigenvalue weighted by atomic mass is 10.1. The minimum absolute atomic E-state index is 0.482. The van der Waals surface area contributed by atoms with Crippen molar-refractivity contribution >= 4 is 28.4 Å². The predicted octanol–water partition coefficient (Wildman–Crippen LogP) is 1.89. The zero-order valence-corrected chi connectivity index (χ0v) is 19.0. The lowest BCUT2D eigenvalue weighted by molar-refractivity contribution is 0.230. The molecule has 5 N–H and O–H groups in total. The van der Waals surface area contributed by atoms with Crippen molar-refractivity contribution in [3.05, 3.63) is 64.4 Å². The molecule has 0 aliphatic carbocycles. The van der Waals surface area contributed by atoms with Crippen molar-refractivity contribution in [3.63, 3.8) is 0 Å². The summed E-state index contributed by atoms with van der Waals surface area (Å²) in [5.74, 6) is -0.0190. The summed E-state index contributed by atoms with van der Waals surface area (Å²) >= 11 is 0. The molecule has 0 saturated carbocycles. The molecule has 0 radical (unpaired) electrons. The van der Waals surface area contributed by atoms with E-state index in [1.54, 1.807) is 18.3 Å². The van der Waals surface area contributed by atoms with Gasteiger partial charge in [-0.1, -0.05) is 0 Å². The Bertz CT molecular complexity index is 1340. The number of piperazine rings is 1. The first-order chi connectivity index (χ1) is 16.5. The first kappa shape index (κ1) is 20.9. The van der Waals surface area contributed by atoms with Gasteiger partial charge in [0.15, 0.2) is 5.58 Å². The van der Waals surface area contributed by atoms with Crippen molar-refractivity contribution in [2.24, 2.45) is 10.7 Å².